The van der Waals surface area contributed by atoms with E-state index in [0.29, 0.717) is 5.92 Å². The fourth-order valence-electron chi connectivity index (χ4n) is 1.16. The van der Waals surface area contributed by atoms with Crippen LogP contribution in [0.25, 0.3) is 0 Å². The lowest BCUT2D eigenvalue weighted by atomic mass is 10.2. The van der Waals surface area contributed by atoms with Crippen LogP contribution in [0, 0.1) is 5.92 Å². The lowest BCUT2D eigenvalue weighted by Crippen LogP contribution is -2.16. The summed E-state index contributed by atoms with van der Waals surface area (Å²) in [4.78, 5) is 0. The highest BCUT2D eigenvalue weighted by Gasteiger charge is 1.97. The van der Waals surface area contributed by atoms with Crippen LogP contribution >= 0.6 is 0 Å². The maximum atomic E-state index is 5.49. The van der Waals surface area contributed by atoms with Gasteiger partial charge in [-0.15, -0.1) is 0 Å². The molecule has 0 aliphatic carbocycles. The van der Waals surface area contributed by atoms with Crippen molar-refractivity contribution >= 4 is 0 Å². The Bertz CT molecular complexity index is 96.1. The van der Waals surface area contributed by atoms with E-state index in [1.165, 1.54) is 32.1 Å². The second kappa shape index (κ2) is 10.0. The third kappa shape index (κ3) is 9.84. The quantitative estimate of drug-likeness (QED) is 0.563. The van der Waals surface area contributed by atoms with Crippen molar-refractivity contribution in [3.05, 3.63) is 0 Å². The maximum Gasteiger partial charge on any atom is 0.0503 e. The Kier molecular flexibility index (Phi) is 9.94. The summed E-state index contributed by atoms with van der Waals surface area (Å²) in [6, 6.07) is 0. The van der Waals surface area contributed by atoms with Gasteiger partial charge in [0.05, 0.1) is 6.61 Å². The van der Waals surface area contributed by atoms with Crippen LogP contribution in [0.15, 0.2) is 0 Å². The van der Waals surface area contributed by atoms with Crippen LogP contribution < -0.4 is 5.73 Å². The SMILES string of the molecule is CCCCCCCOCC(C)CN. The number of nitrogens with two attached hydrogens (primary N) is 1. The van der Waals surface area contributed by atoms with Crippen molar-refractivity contribution in [1.29, 1.82) is 0 Å². The molecule has 0 bridgehead atoms. The number of unbranched alkanes of at least 4 members (excludes halogenated alkanes) is 4. The Morgan fingerprint density at radius 2 is 1.85 bits per heavy atom. The van der Waals surface area contributed by atoms with E-state index in [1.54, 1.807) is 0 Å². The van der Waals surface area contributed by atoms with Gasteiger partial charge in [-0.1, -0.05) is 39.5 Å². The van der Waals surface area contributed by atoms with Gasteiger partial charge in [0.15, 0.2) is 0 Å². The second-order valence-corrected chi connectivity index (χ2v) is 3.83. The molecule has 0 saturated carbocycles. The molecule has 2 heteroatoms. The van der Waals surface area contributed by atoms with Crippen molar-refractivity contribution < 1.29 is 4.74 Å². The molecule has 0 saturated heterocycles. The highest BCUT2D eigenvalue weighted by Crippen LogP contribution is 2.02. The molecule has 0 aromatic rings. The minimum absolute atomic E-state index is 0.510. The molecule has 1 atom stereocenters. The number of hydrogen-bond acceptors (Lipinski definition) is 2. The van der Waals surface area contributed by atoms with Crippen molar-refractivity contribution in [1.82, 2.24) is 0 Å². The van der Waals surface area contributed by atoms with Crippen molar-refractivity contribution in [2.24, 2.45) is 11.7 Å². The lowest BCUT2D eigenvalue weighted by molar-refractivity contribution is 0.103. The summed E-state index contributed by atoms with van der Waals surface area (Å²) in [5, 5.41) is 0. The van der Waals surface area contributed by atoms with Gasteiger partial charge in [-0.2, -0.15) is 0 Å². The van der Waals surface area contributed by atoms with Crippen LogP contribution in [-0.4, -0.2) is 19.8 Å². The van der Waals surface area contributed by atoms with E-state index in [1.807, 2.05) is 0 Å². The zero-order chi connectivity index (χ0) is 9.94. The minimum Gasteiger partial charge on any atom is -0.381 e. The van der Waals surface area contributed by atoms with Crippen LogP contribution in [0.2, 0.25) is 0 Å². The monoisotopic (exact) mass is 187 g/mol. The Labute approximate surface area is 82.8 Å². The summed E-state index contributed by atoms with van der Waals surface area (Å²) in [5.74, 6) is 0.510. The van der Waals surface area contributed by atoms with Crippen molar-refractivity contribution in [3.8, 4) is 0 Å². The summed E-state index contributed by atoms with van der Waals surface area (Å²) in [6.45, 7) is 6.82. The predicted molar refractivity (Wildman–Crippen MR) is 57.8 cm³/mol. The maximum absolute atomic E-state index is 5.49. The average Bonchev–Trinajstić information content (AvgIpc) is 2.16. The topological polar surface area (TPSA) is 35.2 Å². The van der Waals surface area contributed by atoms with E-state index in [0.717, 1.165) is 19.8 Å². The lowest BCUT2D eigenvalue weighted by Gasteiger charge is -2.08. The average molecular weight is 187 g/mol. The van der Waals surface area contributed by atoms with Gasteiger partial charge in [0, 0.05) is 6.61 Å². The summed E-state index contributed by atoms with van der Waals surface area (Å²) in [6.07, 6.45) is 6.54. The van der Waals surface area contributed by atoms with E-state index in [9.17, 15) is 0 Å². The molecule has 0 aliphatic heterocycles. The Balaban J connectivity index is 2.91. The first kappa shape index (κ1) is 12.9. The molecule has 0 aliphatic rings. The first-order chi connectivity index (χ1) is 6.31. The van der Waals surface area contributed by atoms with Crippen molar-refractivity contribution in [2.75, 3.05) is 19.8 Å². The first-order valence-corrected chi connectivity index (χ1v) is 5.59. The van der Waals surface area contributed by atoms with Gasteiger partial charge in [0.25, 0.3) is 0 Å². The van der Waals surface area contributed by atoms with E-state index < -0.39 is 0 Å². The molecule has 0 aromatic carbocycles. The summed E-state index contributed by atoms with van der Waals surface area (Å²) in [7, 11) is 0. The van der Waals surface area contributed by atoms with Crippen LogP contribution in [0.4, 0.5) is 0 Å². The number of hydrogen-bond donors (Lipinski definition) is 1. The smallest absolute Gasteiger partial charge is 0.0503 e. The third-order valence-electron chi connectivity index (χ3n) is 2.20. The van der Waals surface area contributed by atoms with Gasteiger partial charge >= 0.3 is 0 Å². The normalized spacial score (nSPS) is 13.2. The molecule has 0 radical (unpaired) electrons. The molecule has 0 heterocycles. The Morgan fingerprint density at radius 3 is 2.46 bits per heavy atom. The van der Waals surface area contributed by atoms with E-state index in [2.05, 4.69) is 13.8 Å². The molecule has 0 aromatic heterocycles. The number of ether oxygens (including phenoxy) is 1. The van der Waals surface area contributed by atoms with Crippen molar-refractivity contribution in [3.63, 3.8) is 0 Å². The van der Waals surface area contributed by atoms with Gasteiger partial charge < -0.3 is 10.5 Å². The largest absolute Gasteiger partial charge is 0.381 e. The van der Waals surface area contributed by atoms with Crippen LogP contribution in [0.1, 0.15) is 46.0 Å². The van der Waals surface area contributed by atoms with Crippen LogP contribution in [0.3, 0.4) is 0 Å². The van der Waals surface area contributed by atoms with E-state index in [-0.39, 0.29) is 0 Å². The van der Waals surface area contributed by atoms with Gasteiger partial charge in [-0.05, 0) is 18.9 Å². The molecule has 0 amide bonds. The molecular weight excluding hydrogens is 162 g/mol. The highest BCUT2D eigenvalue weighted by molar-refractivity contribution is 4.50. The zero-order valence-corrected chi connectivity index (χ0v) is 9.22. The predicted octanol–water partition coefficient (Wildman–Crippen LogP) is 2.57. The van der Waals surface area contributed by atoms with E-state index >= 15 is 0 Å². The van der Waals surface area contributed by atoms with Gasteiger partial charge in [0.2, 0.25) is 0 Å². The molecule has 13 heavy (non-hydrogen) atoms. The molecular formula is C11H25NO. The molecule has 0 spiro atoms. The Hall–Kier alpha value is -0.0800. The van der Waals surface area contributed by atoms with Gasteiger partial charge in [-0.25, -0.2) is 0 Å². The highest BCUT2D eigenvalue weighted by atomic mass is 16.5. The molecule has 2 nitrogen and oxygen atoms in total. The number of rotatable bonds is 9. The fraction of sp³-hybridized carbons (Fsp3) is 1.00. The minimum atomic E-state index is 0.510. The molecule has 1 unspecified atom stereocenters. The third-order valence-corrected chi connectivity index (χ3v) is 2.20. The fourth-order valence-corrected chi connectivity index (χ4v) is 1.16. The standard InChI is InChI=1S/C11H25NO/c1-3-4-5-6-7-8-13-10-11(2)9-12/h11H,3-10,12H2,1-2H3. The summed E-state index contributed by atoms with van der Waals surface area (Å²) in [5.41, 5.74) is 5.47. The Morgan fingerprint density at radius 1 is 1.15 bits per heavy atom. The first-order valence-electron chi connectivity index (χ1n) is 5.59. The molecule has 0 rings (SSSR count). The molecule has 80 valence electrons. The molecule has 0 fully saturated rings. The summed E-state index contributed by atoms with van der Waals surface area (Å²) < 4.78 is 5.49. The van der Waals surface area contributed by atoms with Crippen LogP contribution in [0.5, 0.6) is 0 Å². The van der Waals surface area contributed by atoms with Crippen LogP contribution in [-0.2, 0) is 4.74 Å². The van der Waals surface area contributed by atoms with E-state index in [4.69, 9.17) is 10.5 Å². The summed E-state index contributed by atoms with van der Waals surface area (Å²) >= 11 is 0. The van der Waals surface area contributed by atoms with Crippen molar-refractivity contribution in [2.45, 2.75) is 46.0 Å². The molecule has 2 N–H and O–H groups in total. The van der Waals surface area contributed by atoms with Gasteiger partial charge in [-0.3, -0.25) is 0 Å². The van der Waals surface area contributed by atoms with Gasteiger partial charge in [0.1, 0.15) is 0 Å². The zero-order valence-electron chi connectivity index (χ0n) is 9.22. The second-order valence-electron chi connectivity index (χ2n) is 3.83.